The number of nitrogens with zero attached hydrogens (tertiary/aromatic N) is 2. The normalized spacial score (nSPS) is 14.6. The molecule has 0 unspecified atom stereocenters. The zero-order valence-corrected chi connectivity index (χ0v) is 19.3. The molecule has 0 saturated carbocycles. The average Bonchev–Trinajstić information content (AvgIpc) is 3.24. The lowest BCUT2D eigenvalue weighted by Crippen LogP contribution is -2.44. The first kappa shape index (κ1) is 20.7. The van der Waals surface area contributed by atoms with Crippen molar-refractivity contribution < 1.29 is 4.79 Å². The summed E-state index contributed by atoms with van der Waals surface area (Å²) >= 11 is 1.79. The number of likely N-dealkylation sites (N-methyl/N-ethyl adjacent to an activating group) is 1. The largest absolute Gasteiger partial charge is 0.367 e. The molecule has 1 saturated heterocycles. The van der Waals surface area contributed by atoms with Gasteiger partial charge in [-0.2, -0.15) is 0 Å². The van der Waals surface area contributed by atoms with Gasteiger partial charge in [-0.25, -0.2) is 0 Å². The van der Waals surface area contributed by atoms with Crippen LogP contribution in [-0.4, -0.2) is 44.0 Å². The van der Waals surface area contributed by atoms with E-state index in [1.165, 1.54) is 15.0 Å². The molecule has 1 amide bonds. The van der Waals surface area contributed by atoms with E-state index >= 15 is 0 Å². The lowest BCUT2D eigenvalue weighted by molar-refractivity contribution is 0.102. The Bertz CT molecular complexity index is 1240. The van der Waals surface area contributed by atoms with Crippen molar-refractivity contribution in [3.05, 3.63) is 83.9 Å². The fourth-order valence-electron chi connectivity index (χ4n) is 4.22. The molecule has 1 N–H and O–H groups in total. The van der Waals surface area contributed by atoms with Crippen LogP contribution in [0.1, 0.15) is 15.9 Å². The first-order chi connectivity index (χ1) is 15.6. The number of benzene rings is 3. The van der Waals surface area contributed by atoms with Gasteiger partial charge < -0.3 is 15.1 Å². The molecule has 32 heavy (non-hydrogen) atoms. The van der Waals surface area contributed by atoms with Gasteiger partial charge in [-0.1, -0.05) is 42.0 Å². The molecule has 0 spiro atoms. The number of amides is 1. The summed E-state index contributed by atoms with van der Waals surface area (Å²) in [6, 6.07) is 24.9. The molecule has 5 rings (SSSR count). The lowest BCUT2D eigenvalue weighted by atomic mass is 10.1. The number of carbonyl (C=O) groups excluding carboxylic acids is 1. The zero-order valence-electron chi connectivity index (χ0n) is 18.5. The van der Waals surface area contributed by atoms with Crippen molar-refractivity contribution in [2.45, 2.75) is 6.92 Å². The highest BCUT2D eigenvalue weighted by Gasteiger charge is 2.19. The molecule has 1 aliphatic heterocycles. The second-order valence-corrected chi connectivity index (χ2v) is 9.58. The quantitative estimate of drug-likeness (QED) is 0.429. The predicted octanol–water partition coefficient (Wildman–Crippen LogP) is 5.88. The summed E-state index contributed by atoms with van der Waals surface area (Å²) in [6.07, 6.45) is 0. The molecule has 1 aromatic heterocycles. The van der Waals surface area contributed by atoms with Crippen molar-refractivity contribution in [1.29, 1.82) is 0 Å². The standard InChI is InChI=1S/C27H27N3OS/c1-19-6-5-8-22(16-19)27(31)28-23-17-21(26-18-20-7-3-4-9-25(20)32-26)10-11-24(23)30-14-12-29(2)13-15-30/h3-11,16-18H,12-15H2,1-2H3,(H,28,31). The van der Waals surface area contributed by atoms with E-state index in [9.17, 15) is 4.79 Å². The van der Waals surface area contributed by atoms with Gasteiger partial charge in [0.15, 0.2) is 0 Å². The van der Waals surface area contributed by atoms with Crippen LogP contribution < -0.4 is 10.2 Å². The summed E-state index contributed by atoms with van der Waals surface area (Å²) in [5, 5.41) is 4.47. The van der Waals surface area contributed by atoms with Crippen molar-refractivity contribution in [3.63, 3.8) is 0 Å². The minimum Gasteiger partial charge on any atom is -0.367 e. The first-order valence-electron chi connectivity index (χ1n) is 11.0. The average molecular weight is 442 g/mol. The topological polar surface area (TPSA) is 35.6 Å². The first-order valence-corrected chi connectivity index (χ1v) is 11.8. The highest BCUT2D eigenvalue weighted by atomic mass is 32.1. The van der Waals surface area contributed by atoms with E-state index in [1.807, 2.05) is 31.2 Å². The fourth-order valence-corrected chi connectivity index (χ4v) is 5.28. The molecular formula is C27H27N3OS. The van der Waals surface area contributed by atoms with Crippen molar-refractivity contribution in [2.24, 2.45) is 0 Å². The van der Waals surface area contributed by atoms with Gasteiger partial charge in [0, 0.05) is 41.3 Å². The summed E-state index contributed by atoms with van der Waals surface area (Å²) in [5.74, 6) is -0.0717. The molecule has 4 aromatic rings. The van der Waals surface area contributed by atoms with Crippen LogP contribution in [0.2, 0.25) is 0 Å². The number of piperazine rings is 1. The van der Waals surface area contributed by atoms with E-state index in [0.717, 1.165) is 48.7 Å². The maximum atomic E-state index is 13.1. The number of thiophene rings is 1. The Morgan fingerprint density at radius 2 is 1.72 bits per heavy atom. The van der Waals surface area contributed by atoms with Crippen LogP contribution >= 0.6 is 11.3 Å². The molecule has 5 heteroatoms. The van der Waals surface area contributed by atoms with Gasteiger partial charge >= 0.3 is 0 Å². The SMILES string of the molecule is Cc1cccc(C(=O)Nc2cc(-c3cc4ccccc4s3)ccc2N2CCN(C)CC2)c1. The molecule has 0 aliphatic carbocycles. The molecule has 2 heterocycles. The predicted molar refractivity (Wildman–Crippen MR) is 136 cm³/mol. The summed E-state index contributed by atoms with van der Waals surface area (Å²) in [7, 11) is 2.16. The summed E-state index contributed by atoms with van der Waals surface area (Å²) in [5.41, 5.74) is 4.85. The van der Waals surface area contributed by atoms with Crippen molar-refractivity contribution in [1.82, 2.24) is 4.90 Å². The van der Waals surface area contributed by atoms with Gasteiger partial charge in [0.25, 0.3) is 5.91 Å². The Balaban J connectivity index is 1.52. The highest BCUT2D eigenvalue weighted by Crippen LogP contribution is 2.37. The van der Waals surface area contributed by atoms with Crippen LogP contribution in [0.25, 0.3) is 20.5 Å². The number of anilines is 2. The molecule has 1 aliphatic rings. The number of hydrogen-bond donors (Lipinski definition) is 1. The maximum Gasteiger partial charge on any atom is 0.255 e. The van der Waals surface area contributed by atoms with Crippen molar-refractivity contribution in [2.75, 3.05) is 43.4 Å². The van der Waals surface area contributed by atoms with E-state index in [2.05, 4.69) is 70.7 Å². The summed E-state index contributed by atoms with van der Waals surface area (Å²) < 4.78 is 1.27. The Kier molecular flexibility index (Phi) is 5.68. The fraction of sp³-hybridized carbons (Fsp3) is 0.222. The Labute approximate surface area is 193 Å². The van der Waals surface area contributed by atoms with Gasteiger partial charge in [0.05, 0.1) is 11.4 Å². The molecule has 0 bridgehead atoms. The summed E-state index contributed by atoms with van der Waals surface area (Å²) in [4.78, 5) is 19.0. The Hall–Kier alpha value is -3.15. The van der Waals surface area contributed by atoms with Crippen LogP contribution in [0.4, 0.5) is 11.4 Å². The number of aryl methyl sites for hydroxylation is 1. The van der Waals surface area contributed by atoms with Gasteiger partial charge in [0.2, 0.25) is 0 Å². The lowest BCUT2D eigenvalue weighted by Gasteiger charge is -2.35. The maximum absolute atomic E-state index is 13.1. The molecule has 4 nitrogen and oxygen atoms in total. The van der Waals surface area contributed by atoms with Crippen molar-refractivity contribution >= 4 is 38.7 Å². The van der Waals surface area contributed by atoms with Gasteiger partial charge in [-0.05, 0) is 61.3 Å². The second kappa shape index (κ2) is 8.77. The molecule has 3 aromatic carbocycles. The third kappa shape index (κ3) is 4.27. The third-order valence-electron chi connectivity index (χ3n) is 6.08. The smallest absolute Gasteiger partial charge is 0.255 e. The monoisotopic (exact) mass is 441 g/mol. The molecule has 162 valence electrons. The Morgan fingerprint density at radius 1 is 0.906 bits per heavy atom. The minimum atomic E-state index is -0.0717. The minimum absolute atomic E-state index is 0.0717. The number of rotatable bonds is 4. The Morgan fingerprint density at radius 3 is 2.50 bits per heavy atom. The number of carbonyl (C=O) groups is 1. The highest BCUT2D eigenvalue weighted by molar-refractivity contribution is 7.22. The van der Waals surface area contributed by atoms with E-state index in [1.54, 1.807) is 11.3 Å². The van der Waals surface area contributed by atoms with Crippen molar-refractivity contribution in [3.8, 4) is 10.4 Å². The van der Waals surface area contributed by atoms with Crippen LogP contribution in [0, 0.1) is 6.92 Å². The van der Waals surface area contributed by atoms with E-state index in [-0.39, 0.29) is 5.91 Å². The number of nitrogens with one attached hydrogen (secondary N) is 1. The zero-order chi connectivity index (χ0) is 22.1. The van der Waals surface area contributed by atoms with E-state index < -0.39 is 0 Å². The van der Waals surface area contributed by atoms with Crippen LogP contribution in [0.15, 0.2) is 72.8 Å². The molecule has 1 fully saturated rings. The van der Waals surface area contributed by atoms with Gasteiger partial charge in [-0.3, -0.25) is 4.79 Å². The van der Waals surface area contributed by atoms with Crippen LogP contribution in [0.5, 0.6) is 0 Å². The number of hydrogen-bond acceptors (Lipinski definition) is 4. The van der Waals surface area contributed by atoms with E-state index in [4.69, 9.17) is 0 Å². The molecule has 0 atom stereocenters. The number of fused-ring (bicyclic) bond motifs is 1. The van der Waals surface area contributed by atoms with Gasteiger partial charge in [0.1, 0.15) is 0 Å². The third-order valence-corrected chi connectivity index (χ3v) is 7.24. The molecular weight excluding hydrogens is 414 g/mol. The molecule has 0 radical (unpaired) electrons. The van der Waals surface area contributed by atoms with Crippen LogP contribution in [0.3, 0.4) is 0 Å². The second-order valence-electron chi connectivity index (χ2n) is 8.49. The summed E-state index contributed by atoms with van der Waals surface area (Å²) in [6.45, 7) is 5.94. The van der Waals surface area contributed by atoms with E-state index in [0.29, 0.717) is 5.56 Å². The van der Waals surface area contributed by atoms with Gasteiger partial charge in [-0.15, -0.1) is 11.3 Å². The van der Waals surface area contributed by atoms with Crippen LogP contribution in [-0.2, 0) is 0 Å².